The zero-order valence-electron chi connectivity index (χ0n) is 9.54. The molecule has 2 amide bonds. The Labute approximate surface area is 94.9 Å². The maximum atomic E-state index is 11.9. The number of amides is 2. The number of hydrogen-bond acceptors (Lipinski definition) is 2. The summed E-state index contributed by atoms with van der Waals surface area (Å²) in [7, 11) is 0. The number of carbonyl (C=O) groups is 2. The molecule has 0 radical (unpaired) electrons. The van der Waals surface area contributed by atoms with Crippen molar-refractivity contribution in [3.63, 3.8) is 0 Å². The second-order valence-electron chi connectivity index (χ2n) is 4.58. The molecule has 1 aliphatic heterocycles. The van der Waals surface area contributed by atoms with Gasteiger partial charge in [-0.1, -0.05) is 29.8 Å². The minimum Gasteiger partial charge on any atom is -0.296 e. The Kier molecular flexibility index (Phi) is 2.54. The minimum absolute atomic E-state index is 0.172. The van der Waals surface area contributed by atoms with Crippen LogP contribution in [0, 0.1) is 6.92 Å². The molecule has 2 rings (SSSR count). The number of benzene rings is 1. The van der Waals surface area contributed by atoms with E-state index in [9.17, 15) is 9.59 Å². The van der Waals surface area contributed by atoms with Crippen molar-refractivity contribution in [1.82, 2.24) is 5.32 Å². The van der Waals surface area contributed by atoms with E-state index in [2.05, 4.69) is 5.32 Å². The minimum atomic E-state index is -0.568. The summed E-state index contributed by atoms with van der Waals surface area (Å²) in [6, 6.07) is 7.91. The highest BCUT2D eigenvalue weighted by Crippen LogP contribution is 2.31. The Hall–Kier alpha value is -1.64. The van der Waals surface area contributed by atoms with Crippen molar-refractivity contribution in [3.05, 3.63) is 35.4 Å². The van der Waals surface area contributed by atoms with E-state index in [1.807, 2.05) is 38.1 Å². The summed E-state index contributed by atoms with van der Waals surface area (Å²) in [6.45, 7) is 3.90. The fraction of sp³-hybridized carbons (Fsp3) is 0.385. The van der Waals surface area contributed by atoms with Gasteiger partial charge in [0.25, 0.3) is 0 Å². The summed E-state index contributed by atoms with van der Waals surface area (Å²) < 4.78 is 0. The van der Waals surface area contributed by atoms with Crippen LogP contribution in [-0.2, 0) is 15.0 Å². The quantitative estimate of drug-likeness (QED) is 0.727. The average Bonchev–Trinajstić information content (AvgIpc) is 2.25. The van der Waals surface area contributed by atoms with E-state index in [0.29, 0.717) is 12.8 Å². The largest absolute Gasteiger partial charge is 0.296 e. The highest BCUT2D eigenvalue weighted by Gasteiger charge is 2.39. The van der Waals surface area contributed by atoms with E-state index in [0.717, 1.165) is 5.56 Å². The van der Waals surface area contributed by atoms with Crippen LogP contribution in [0.5, 0.6) is 0 Å². The Morgan fingerprint density at radius 1 is 1.19 bits per heavy atom. The van der Waals surface area contributed by atoms with Gasteiger partial charge >= 0.3 is 0 Å². The molecule has 0 saturated carbocycles. The van der Waals surface area contributed by atoms with E-state index in [-0.39, 0.29) is 11.8 Å². The third-order valence-corrected chi connectivity index (χ3v) is 3.29. The smallest absolute Gasteiger partial charge is 0.236 e. The van der Waals surface area contributed by atoms with Crippen molar-refractivity contribution in [3.8, 4) is 0 Å². The second kappa shape index (κ2) is 3.74. The van der Waals surface area contributed by atoms with Crippen LogP contribution in [0.25, 0.3) is 0 Å². The van der Waals surface area contributed by atoms with Crippen LogP contribution in [0.3, 0.4) is 0 Å². The molecule has 1 atom stereocenters. The molecule has 0 spiro atoms. The normalized spacial score (nSPS) is 25.4. The Balaban J connectivity index is 2.34. The number of aryl methyl sites for hydroxylation is 1. The monoisotopic (exact) mass is 217 g/mol. The average molecular weight is 217 g/mol. The number of nitrogens with one attached hydrogen (secondary N) is 1. The molecule has 1 aromatic carbocycles. The number of rotatable bonds is 1. The van der Waals surface area contributed by atoms with Crippen molar-refractivity contribution in [2.45, 2.75) is 32.1 Å². The molecular formula is C13H15NO2. The lowest BCUT2D eigenvalue weighted by molar-refractivity contribution is -0.137. The molecular weight excluding hydrogens is 202 g/mol. The summed E-state index contributed by atoms with van der Waals surface area (Å²) in [5.74, 6) is -0.359. The first-order valence-corrected chi connectivity index (χ1v) is 5.44. The van der Waals surface area contributed by atoms with Crippen molar-refractivity contribution in [2.75, 3.05) is 0 Å². The van der Waals surface area contributed by atoms with Gasteiger partial charge in [-0.25, -0.2) is 0 Å². The summed E-state index contributed by atoms with van der Waals surface area (Å²) in [4.78, 5) is 23.0. The van der Waals surface area contributed by atoms with Crippen LogP contribution < -0.4 is 5.32 Å². The lowest BCUT2D eigenvalue weighted by Crippen LogP contribution is -2.49. The van der Waals surface area contributed by atoms with Crippen LogP contribution in [0.4, 0.5) is 0 Å². The zero-order valence-corrected chi connectivity index (χ0v) is 9.54. The van der Waals surface area contributed by atoms with E-state index in [1.54, 1.807) is 0 Å². The van der Waals surface area contributed by atoms with Gasteiger partial charge in [-0.05, 0) is 25.8 Å². The second-order valence-corrected chi connectivity index (χ2v) is 4.58. The van der Waals surface area contributed by atoms with Gasteiger partial charge in [0.1, 0.15) is 0 Å². The Morgan fingerprint density at radius 2 is 1.81 bits per heavy atom. The predicted octanol–water partition coefficient (Wildman–Crippen LogP) is 1.69. The summed E-state index contributed by atoms with van der Waals surface area (Å²) in [5.41, 5.74) is 1.57. The fourth-order valence-electron chi connectivity index (χ4n) is 2.00. The highest BCUT2D eigenvalue weighted by molar-refractivity contribution is 6.03. The Bertz CT molecular complexity index is 436. The van der Waals surface area contributed by atoms with Gasteiger partial charge in [0, 0.05) is 6.42 Å². The summed E-state index contributed by atoms with van der Waals surface area (Å²) in [5, 5.41) is 2.41. The van der Waals surface area contributed by atoms with E-state index in [1.165, 1.54) is 5.56 Å². The van der Waals surface area contributed by atoms with Crippen molar-refractivity contribution in [1.29, 1.82) is 0 Å². The van der Waals surface area contributed by atoms with Crippen LogP contribution in [0.1, 0.15) is 30.9 Å². The van der Waals surface area contributed by atoms with Crippen LogP contribution in [-0.4, -0.2) is 11.8 Å². The maximum Gasteiger partial charge on any atom is 0.236 e. The standard InChI is InChI=1S/C13H15NO2/c1-9-3-5-10(6-4-9)13(2)8-7-11(15)14-12(13)16/h3-6H,7-8H2,1-2H3,(H,14,15,16). The lowest BCUT2D eigenvalue weighted by atomic mass is 9.75. The van der Waals surface area contributed by atoms with E-state index in [4.69, 9.17) is 0 Å². The SMILES string of the molecule is Cc1ccc(C2(C)CCC(=O)NC2=O)cc1. The molecule has 1 aromatic rings. The van der Waals surface area contributed by atoms with Gasteiger partial charge in [0.05, 0.1) is 5.41 Å². The number of imide groups is 1. The lowest BCUT2D eigenvalue weighted by Gasteiger charge is -2.32. The zero-order chi connectivity index (χ0) is 11.8. The molecule has 0 bridgehead atoms. The molecule has 1 heterocycles. The molecule has 3 nitrogen and oxygen atoms in total. The number of piperidine rings is 1. The molecule has 1 unspecified atom stereocenters. The predicted molar refractivity (Wildman–Crippen MR) is 60.9 cm³/mol. The molecule has 84 valence electrons. The molecule has 16 heavy (non-hydrogen) atoms. The van der Waals surface area contributed by atoms with Crippen molar-refractivity contribution in [2.24, 2.45) is 0 Å². The third-order valence-electron chi connectivity index (χ3n) is 3.29. The Morgan fingerprint density at radius 3 is 2.38 bits per heavy atom. The van der Waals surface area contributed by atoms with Gasteiger partial charge in [0.15, 0.2) is 0 Å². The van der Waals surface area contributed by atoms with Gasteiger partial charge < -0.3 is 0 Å². The molecule has 1 saturated heterocycles. The van der Waals surface area contributed by atoms with E-state index < -0.39 is 5.41 Å². The summed E-state index contributed by atoms with van der Waals surface area (Å²) >= 11 is 0. The first kappa shape index (κ1) is 10.9. The fourth-order valence-corrected chi connectivity index (χ4v) is 2.00. The maximum absolute atomic E-state index is 11.9. The molecule has 3 heteroatoms. The first-order chi connectivity index (χ1) is 7.52. The van der Waals surface area contributed by atoms with Crippen LogP contribution >= 0.6 is 0 Å². The van der Waals surface area contributed by atoms with Gasteiger partial charge in [-0.15, -0.1) is 0 Å². The molecule has 0 aliphatic carbocycles. The van der Waals surface area contributed by atoms with E-state index >= 15 is 0 Å². The first-order valence-electron chi connectivity index (χ1n) is 5.44. The third kappa shape index (κ3) is 1.73. The molecule has 1 fully saturated rings. The van der Waals surface area contributed by atoms with Crippen LogP contribution in [0.15, 0.2) is 24.3 Å². The summed E-state index contributed by atoms with van der Waals surface area (Å²) in [6.07, 6.45) is 0.997. The number of hydrogen-bond donors (Lipinski definition) is 1. The van der Waals surface area contributed by atoms with Crippen LogP contribution in [0.2, 0.25) is 0 Å². The topological polar surface area (TPSA) is 46.2 Å². The van der Waals surface area contributed by atoms with Gasteiger partial charge in [-0.2, -0.15) is 0 Å². The van der Waals surface area contributed by atoms with Crippen molar-refractivity contribution < 1.29 is 9.59 Å². The van der Waals surface area contributed by atoms with Crippen molar-refractivity contribution >= 4 is 11.8 Å². The number of carbonyl (C=O) groups excluding carboxylic acids is 2. The molecule has 1 N–H and O–H groups in total. The molecule has 1 aliphatic rings. The van der Waals surface area contributed by atoms with Gasteiger partial charge in [-0.3, -0.25) is 14.9 Å². The van der Waals surface area contributed by atoms with Gasteiger partial charge in [0.2, 0.25) is 11.8 Å². The molecule has 0 aromatic heterocycles. The highest BCUT2D eigenvalue weighted by atomic mass is 16.2.